The zero-order valence-corrected chi connectivity index (χ0v) is 31.9. The van der Waals surface area contributed by atoms with Crippen LogP contribution >= 0.6 is 9.24 Å². The van der Waals surface area contributed by atoms with Crippen LogP contribution < -0.4 is 10.1 Å². The van der Waals surface area contributed by atoms with Gasteiger partial charge in [0.2, 0.25) is 5.91 Å². The Morgan fingerprint density at radius 1 is 0.906 bits per heavy atom. The van der Waals surface area contributed by atoms with E-state index in [1.165, 1.54) is 21.7 Å². The molecule has 53 heavy (non-hydrogen) atoms. The van der Waals surface area contributed by atoms with Crippen molar-refractivity contribution in [3.05, 3.63) is 101 Å². The fraction of sp³-hybridized carbons (Fsp3) is 0.400. The highest BCUT2D eigenvalue weighted by Gasteiger charge is 2.34. The number of rotatable bonds is 5. The standard InChI is InChI=1S/C22H26FNO2.C9H8F5P.C7H11NO2.C2H2/c1-14-18(10-12-21(25)24-14)16-7-11-20(26-4)19(13-16)15-5-8-17(9-6-15)22(2,3)23;1-5-2-6(8(10,11)12)4-7(3-5)9(13,14)15;1-8-5-3-2-4-6-10-7(8)9;1-2/h5-9,11,13-14,18H,10,12H2,1-4H3,(H,24,25);2-4H,15H2,1H3;2,4H,3,5-6H2,1H3;1-2H/b;;4-2+;. The molecule has 1 fully saturated rings. The quantitative estimate of drug-likeness (QED) is 0.122. The molecule has 2 aliphatic heterocycles. The minimum atomic E-state index is -4.60. The van der Waals surface area contributed by atoms with E-state index >= 15 is 0 Å². The van der Waals surface area contributed by atoms with Gasteiger partial charge in [-0.3, -0.25) is 4.79 Å². The molecule has 2 heterocycles. The largest absolute Gasteiger partial charge is 0.496 e. The van der Waals surface area contributed by atoms with E-state index in [0.717, 1.165) is 48.4 Å². The predicted octanol–water partition coefficient (Wildman–Crippen LogP) is 10.2. The fourth-order valence-electron chi connectivity index (χ4n) is 5.56. The molecule has 1 N–H and O–H groups in total. The number of hydrogen-bond acceptors (Lipinski definition) is 4. The molecule has 0 saturated carbocycles. The molecule has 1 saturated heterocycles. The number of halogens is 6. The molecular formula is C40H47F6N2O4P. The number of hydrogen-bond donors (Lipinski definition) is 1. The number of terminal acetylenes is 1. The van der Waals surface area contributed by atoms with Crippen molar-refractivity contribution in [3.8, 4) is 29.7 Å². The van der Waals surface area contributed by atoms with Gasteiger partial charge in [-0.2, -0.15) is 22.0 Å². The van der Waals surface area contributed by atoms with E-state index in [4.69, 9.17) is 9.47 Å². The Labute approximate surface area is 310 Å². The van der Waals surface area contributed by atoms with Gasteiger partial charge in [0, 0.05) is 43.1 Å². The summed E-state index contributed by atoms with van der Waals surface area (Å²) >= 11 is 0. The van der Waals surface area contributed by atoms with Gasteiger partial charge in [0.25, 0.3) is 5.66 Å². The Balaban J connectivity index is 0.000000303. The van der Waals surface area contributed by atoms with Crippen molar-refractivity contribution >= 4 is 21.2 Å². The number of carbonyl (C=O) groups is 2. The van der Waals surface area contributed by atoms with Crippen molar-refractivity contribution in [2.75, 3.05) is 27.3 Å². The van der Waals surface area contributed by atoms with Crippen LogP contribution in [0.5, 0.6) is 5.75 Å². The summed E-state index contributed by atoms with van der Waals surface area (Å²) in [5, 5.41) is 3.03. The smallest absolute Gasteiger partial charge is 0.416 e. The van der Waals surface area contributed by atoms with Crippen LogP contribution in [-0.2, 0) is 27.0 Å². The number of methoxy groups -OCH3 is 1. The minimum Gasteiger partial charge on any atom is -0.496 e. The summed E-state index contributed by atoms with van der Waals surface area (Å²) in [5.41, 5.74) is -2.45. The van der Waals surface area contributed by atoms with Crippen LogP contribution in [0.1, 0.15) is 73.8 Å². The molecule has 0 radical (unpaired) electrons. The monoisotopic (exact) mass is 764 g/mol. The van der Waals surface area contributed by atoms with Gasteiger partial charge in [-0.15, -0.1) is 12.8 Å². The van der Waals surface area contributed by atoms with Crippen LogP contribution in [0, 0.1) is 19.8 Å². The number of cyclic esters (lactones) is 1. The number of alkyl halides is 6. The normalized spacial score (nSPS) is 18.1. The number of nitrogens with one attached hydrogen (secondary N) is 1. The van der Waals surface area contributed by atoms with Crippen molar-refractivity contribution < 1.29 is 45.4 Å². The van der Waals surface area contributed by atoms with Crippen LogP contribution in [0.3, 0.4) is 0 Å². The van der Waals surface area contributed by atoms with Gasteiger partial charge < -0.3 is 19.7 Å². The molecule has 288 valence electrons. The average molecular weight is 765 g/mol. The van der Waals surface area contributed by atoms with Crippen molar-refractivity contribution in [2.24, 2.45) is 0 Å². The number of benzene rings is 3. The van der Waals surface area contributed by atoms with Gasteiger partial charge in [0.15, 0.2) is 0 Å². The lowest BCUT2D eigenvalue weighted by Crippen LogP contribution is -2.41. The first-order chi connectivity index (χ1) is 24.7. The van der Waals surface area contributed by atoms with Gasteiger partial charge in [-0.25, -0.2) is 9.18 Å². The van der Waals surface area contributed by atoms with E-state index in [1.54, 1.807) is 32.9 Å². The molecule has 3 atom stereocenters. The van der Waals surface area contributed by atoms with Gasteiger partial charge >= 0.3 is 12.3 Å². The molecule has 0 bridgehead atoms. The zero-order chi connectivity index (χ0) is 40.1. The number of piperidine rings is 1. The maximum absolute atomic E-state index is 14.1. The van der Waals surface area contributed by atoms with E-state index in [-0.39, 0.29) is 29.5 Å². The summed E-state index contributed by atoms with van der Waals surface area (Å²) in [6, 6.07) is 16.1. The van der Waals surface area contributed by atoms with Crippen LogP contribution in [0.15, 0.2) is 72.8 Å². The Morgan fingerprint density at radius 3 is 2.08 bits per heavy atom. The Bertz CT molecular complexity index is 1680. The third-order valence-electron chi connectivity index (χ3n) is 8.41. The SMILES string of the molecule is C#C.CN1CC/C=C/COC1=O.COc1ccc(C2CCC(=O)NC2C)cc1-c1ccc(C(C)(C)F)cc1.Cc1cc(C(F)(F)F)cc(C(F)(F)P)c1. The number of aryl methyl sites for hydroxylation is 1. The second-order valence-electron chi connectivity index (χ2n) is 13.0. The first kappa shape index (κ1) is 44.7. The van der Waals surface area contributed by atoms with Crippen molar-refractivity contribution in [1.82, 2.24) is 10.2 Å². The van der Waals surface area contributed by atoms with Gasteiger partial charge in [-0.05, 0) is 87.6 Å². The number of ether oxygens (including phenoxy) is 2. The highest BCUT2D eigenvalue weighted by Crippen LogP contribution is 2.39. The molecule has 3 aromatic rings. The van der Waals surface area contributed by atoms with E-state index in [0.29, 0.717) is 24.7 Å². The Morgan fingerprint density at radius 2 is 1.53 bits per heavy atom. The summed E-state index contributed by atoms with van der Waals surface area (Å²) < 4.78 is 86.9. The maximum atomic E-state index is 14.1. The van der Waals surface area contributed by atoms with Gasteiger partial charge in [0.1, 0.15) is 18.0 Å². The second-order valence-corrected chi connectivity index (χ2v) is 13.7. The molecule has 3 unspecified atom stereocenters. The van der Waals surface area contributed by atoms with Gasteiger partial charge in [0.05, 0.1) is 12.7 Å². The first-order valence-corrected chi connectivity index (χ1v) is 17.3. The molecule has 0 aromatic heterocycles. The van der Waals surface area contributed by atoms with E-state index in [9.17, 15) is 35.9 Å². The predicted molar refractivity (Wildman–Crippen MR) is 200 cm³/mol. The van der Waals surface area contributed by atoms with E-state index < -0.39 is 28.6 Å². The average Bonchev–Trinajstić information content (AvgIpc) is 3.08. The summed E-state index contributed by atoms with van der Waals surface area (Å²) in [7, 11) is 4.61. The molecule has 0 aliphatic carbocycles. The maximum Gasteiger partial charge on any atom is 0.416 e. The summed E-state index contributed by atoms with van der Waals surface area (Å²) in [5.74, 6) is 1.18. The summed E-state index contributed by atoms with van der Waals surface area (Å²) in [6.07, 6.45) is 9.37. The zero-order valence-electron chi connectivity index (χ0n) is 30.7. The molecule has 3 aromatic carbocycles. The van der Waals surface area contributed by atoms with E-state index in [2.05, 4.69) is 30.3 Å². The number of carbonyl (C=O) groups excluding carboxylic acids is 2. The third-order valence-corrected chi connectivity index (χ3v) is 8.74. The second kappa shape index (κ2) is 19.5. The topological polar surface area (TPSA) is 67.9 Å². The van der Waals surface area contributed by atoms with Crippen molar-refractivity contribution in [2.45, 2.75) is 76.4 Å². The van der Waals surface area contributed by atoms with Crippen LogP contribution in [0.2, 0.25) is 0 Å². The third kappa shape index (κ3) is 13.8. The van der Waals surface area contributed by atoms with Crippen molar-refractivity contribution in [1.29, 1.82) is 0 Å². The Hall–Kier alpha value is -4.49. The fourth-order valence-corrected chi connectivity index (χ4v) is 5.73. The number of amides is 2. The van der Waals surface area contributed by atoms with Crippen molar-refractivity contribution in [3.63, 3.8) is 0 Å². The van der Waals surface area contributed by atoms with E-state index in [1.807, 2.05) is 49.4 Å². The molecular weight excluding hydrogens is 717 g/mol. The highest BCUT2D eigenvalue weighted by molar-refractivity contribution is 7.17. The first-order valence-electron chi connectivity index (χ1n) is 16.7. The van der Waals surface area contributed by atoms with Gasteiger partial charge in [-0.1, -0.05) is 57.3 Å². The molecule has 6 nitrogen and oxygen atoms in total. The lowest BCUT2D eigenvalue weighted by molar-refractivity contribution is -0.137. The van der Waals surface area contributed by atoms with Crippen LogP contribution in [-0.4, -0.2) is 50.3 Å². The molecule has 5 rings (SSSR count). The Kier molecular flexibility index (Phi) is 16.5. The minimum absolute atomic E-state index is 0.104. The van der Waals surface area contributed by atoms with Crippen LogP contribution in [0.4, 0.5) is 31.1 Å². The summed E-state index contributed by atoms with van der Waals surface area (Å²) in [6.45, 7) is 7.65. The molecule has 0 spiro atoms. The lowest BCUT2D eigenvalue weighted by atomic mass is 9.84. The molecule has 13 heteroatoms. The number of nitrogens with zero attached hydrogens (tertiary/aromatic N) is 1. The molecule has 2 aliphatic rings. The lowest BCUT2D eigenvalue weighted by Gasteiger charge is -2.30. The summed E-state index contributed by atoms with van der Waals surface area (Å²) in [4.78, 5) is 24.0. The highest BCUT2D eigenvalue weighted by atomic mass is 31.0. The van der Waals surface area contributed by atoms with Crippen LogP contribution in [0.25, 0.3) is 11.1 Å². The molecule has 2 amide bonds.